The zero-order valence-corrected chi connectivity index (χ0v) is 28.6. The van der Waals surface area contributed by atoms with Gasteiger partial charge in [-0.15, -0.1) is 0 Å². The van der Waals surface area contributed by atoms with E-state index in [0.717, 1.165) is 38.4 Å². The molecule has 0 saturated heterocycles. The molecule has 49 heavy (non-hydrogen) atoms. The Labute approximate surface area is 287 Å². The van der Waals surface area contributed by atoms with Crippen molar-refractivity contribution in [3.63, 3.8) is 0 Å². The second-order valence-corrected chi connectivity index (χ2v) is 13.0. The Kier molecular flexibility index (Phi) is 8.49. The van der Waals surface area contributed by atoms with Crippen LogP contribution in [0.1, 0.15) is 49.1 Å². The Balaban J connectivity index is 1.44. The number of methoxy groups -OCH3 is 1. The fourth-order valence-electron chi connectivity index (χ4n) is 6.83. The monoisotopic (exact) mass is 665 g/mol. The normalized spacial score (nSPS) is 14.5. The highest BCUT2D eigenvalue weighted by Gasteiger charge is 2.36. The number of ether oxygens (including phenoxy) is 1. The molecule has 0 fully saturated rings. The van der Waals surface area contributed by atoms with Crippen LogP contribution in [-0.2, 0) is 11.3 Å². The number of allylic oxidation sites excluding steroid dienone is 1. The molecule has 6 aromatic rings. The number of aromatic nitrogens is 2. The quantitative estimate of drug-likeness (QED) is 0.195. The molecule has 4 aromatic carbocycles. The van der Waals surface area contributed by atoms with Gasteiger partial charge in [0.15, 0.2) is 4.80 Å². The molecule has 0 radical (unpaired) electrons. The third kappa shape index (κ3) is 5.54. The number of benzene rings is 4. The van der Waals surface area contributed by atoms with Crippen LogP contribution in [0.4, 0.5) is 0 Å². The number of carbonyl (C=O) groups excluding carboxylic acids is 1. The molecule has 9 heteroatoms. The number of para-hydroxylation sites is 1. The van der Waals surface area contributed by atoms with Gasteiger partial charge >= 0.3 is 0 Å². The van der Waals surface area contributed by atoms with Crippen molar-refractivity contribution in [3.05, 3.63) is 144 Å². The Hall–Kier alpha value is -5.72. The number of hydrogen-bond acceptors (Lipinski definition) is 6. The molecule has 244 valence electrons. The molecule has 0 saturated carbocycles. The summed E-state index contributed by atoms with van der Waals surface area (Å²) >= 11 is 1.33. The number of rotatable bonds is 8. The van der Waals surface area contributed by atoms with Crippen LogP contribution < -0.4 is 19.6 Å². The Morgan fingerprint density at radius 1 is 1.00 bits per heavy atom. The molecule has 0 unspecified atom stereocenters. The molecule has 7 rings (SSSR count). The molecule has 3 heterocycles. The first-order valence-electron chi connectivity index (χ1n) is 16.3. The Bertz CT molecular complexity index is 2510. The predicted molar refractivity (Wildman–Crippen MR) is 194 cm³/mol. The van der Waals surface area contributed by atoms with Crippen LogP contribution in [0, 0.1) is 11.3 Å². The molecule has 1 amide bonds. The van der Waals surface area contributed by atoms with E-state index in [1.54, 1.807) is 16.6 Å². The van der Waals surface area contributed by atoms with Crippen LogP contribution in [0.25, 0.3) is 27.8 Å². The van der Waals surface area contributed by atoms with Crippen LogP contribution in [-0.4, -0.2) is 40.1 Å². The lowest BCUT2D eigenvalue weighted by Crippen LogP contribution is -2.43. The molecule has 0 spiro atoms. The highest BCUT2D eigenvalue weighted by atomic mass is 32.1. The first-order valence-corrected chi connectivity index (χ1v) is 17.1. The molecule has 1 aliphatic heterocycles. The van der Waals surface area contributed by atoms with Crippen molar-refractivity contribution >= 4 is 45.0 Å². The summed E-state index contributed by atoms with van der Waals surface area (Å²) in [6.45, 7) is 7.44. The Morgan fingerprint density at radius 3 is 2.43 bits per heavy atom. The summed E-state index contributed by atoms with van der Waals surface area (Å²) < 4.78 is 10.3. The smallest absolute Gasteiger partial charge is 0.271 e. The molecule has 0 aliphatic carbocycles. The highest BCUT2D eigenvalue weighted by Crippen LogP contribution is 2.40. The second kappa shape index (κ2) is 13.1. The predicted octanol–water partition coefficient (Wildman–Crippen LogP) is 6.14. The summed E-state index contributed by atoms with van der Waals surface area (Å²) in [6, 6.07) is 29.0. The second-order valence-electron chi connectivity index (χ2n) is 12.0. The van der Waals surface area contributed by atoms with E-state index >= 15 is 0 Å². The van der Waals surface area contributed by atoms with E-state index in [0.29, 0.717) is 51.6 Å². The zero-order valence-electron chi connectivity index (χ0n) is 27.8. The van der Waals surface area contributed by atoms with Gasteiger partial charge in [0.05, 0.1) is 34.5 Å². The molecule has 2 aromatic heterocycles. The number of carbonyl (C=O) groups is 1. The van der Waals surface area contributed by atoms with Crippen molar-refractivity contribution in [1.29, 1.82) is 5.26 Å². The van der Waals surface area contributed by atoms with E-state index in [4.69, 9.17) is 9.73 Å². The minimum Gasteiger partial charge on any atom is -0.496 e. The molecule has 8 nitrogen and oxygen atoms in total. The summed E-state index contributed by atoms with van der Waals surface area (Å²) in [7, 11) is 1.62. The lowest BCUT2D eigenvalue weighted by molar-refractivity contribution is -0.127. The van der Waals surface area contributed by atoms with E-state index in [1.165, 1.54) is 11.3 Å². The fraction of sp³-hybridized carbons (Fsp3) is 0.200. The number of hydrogen-bond donors (Lipinski definition) is 0. The SMILES string of the molecule is CCN(CC)C(=O)C1=C(C)N=c2s/c(=C/c3cn(Cc4ccc(C#N)cc4)c4ccccc34)c(=O)n2[C@@H]1c1c(OC)ccc2ccccc12. The van der Waals surface area contributed by atoms with Crippen molar-refractivity contribution in [1.82, 2.24) is 14.0 Å². The number of thiazole rings is 1. The van der Waals surface area contributed by atoms with Gasteiger partial charge in [0.25, 0.3) is 11.5 Å². The van der Waals surface area contributed by atoms with E-state index < -0.39 is 6.04 Å². The van der Waals surface area contributed by atoms with Gasteiger partial charge in [-0.3, -0.25) is 14.2 Å². The van der Waals surface area contributed by atoms with Gasteiger partial charge in [0, 0.05) is 47.9 Å². The van der Waals surface area contributed by atoms with Crippen molar-refractivity contribution in [2.75, 3.05) is 20.2 Å². The standard InChI is InChI=1S/C40H35N5O3S/c1-5-43(6-2)39(47)35-25(3)42-40-45(37(35)36-31-13-8-7-11-28(31)19-20-33(36)48-4)38(46)34(49-40)21-29-24-44(32-14-10-9-12-30(29)32)23-27-17-15-26(22-41)16-18-27/h7-21,24,37H,5-6,23H2,1-4H3/b34-21+/t37-/m0/s1. The summed E-state index contributed by atoms with van der Waals surface area (Å²) in [5, 5.41) is 12.1. The number of nitrogens with zero attached hydrogens (tertiary/aromatic N) is 5. The highest BCUT2D eigenvalue weighted by molar-refractivity contribution is 7.07. The fourth-order valence-corrected chi connectivity index (χ4v) is 7.87. The van der Waals surface area contributed by atoms with E-state index in [9.17, 15) is 14.9 Å². The van der Waals surface area contributed by atoms with Crippen LogP contribution in [0.5, 0.6) is 5.75 Å². The Morgan fingerprint density at radius 2 is 1.71 bits per heavy atom. The maximum atomic E-state index is 14.7. The minimum absolute atomic E-state index is 0.147. The van der Waals surface area contributed by atoms with Gasteiger partial charge in [-0.1, -0.05) is 72.0 Å². The average Bonchev–Trinajstić information content (AvgIpc) is 3.63. The average molecular weight is 666 g/mol. The van der Waals surface area contributed by atoms with E-state index in [1.807, 2.05) is 99.6 Å². The van der Waals surface area contributed by atoms with Crippen LogP contribution in [0.3, 0.4) is 0 Å². The number of fused-ring (bicyclic) bond motifs is 3. The van der Waals surface area contributed by atoms with Gasteiger partial charge in [0.2, 0.25) is 0 Å². The van der Waals surface area contributed by atoms with E-state index in [-0.39, 0.29) is 11.5 Å². The molecule has 0 bridgehead atoms. The van der Waals surface area contributed by atoms with Crippen molar-refractivity contribution in [3.8, 4) is 11.8 Å². The summed E-state index contributed by atoms with van der Waals surface area (Å²) in [5.41, 5.74) is 5.22. The zero-order chi connectivity index (χ0) is 34.2. The molecular formula is C40H35N5O3S. The number of nitriles is 1. The minimum atomic E-state index is -0.745. The lowest BCUT2D eigenvalue weighted by atomic mass is 9.90. The van der Waals surface area contributed by atoms with Crippen molar-refractivity contribution < 1.29 is 9.53 Å². The summed E-state index contributed by atoms with van der Waals surface area (Å²) in [5.74, 6) is 0.454. The van der Waals surface area contributed by atoms with Crippen LogP contribution in [0.2, 0.25) is 0 Å². The molecule has 0 N–H and O–H groups in total. The number of amides is 1. The first kappa shape index (κ1) is 31.9. The summed E-state index contributed by atoms with van der Waals surface area (Å²) in [6.07, 6.45) is 4.00. The largest absolute Gasteiger partial charge is 0.496 e. The topological polar surface area (TPSA) is 92.6 Å². The van der Waals surface area contributed by atoms with E-state index in [2.05, 4.69) is 29.0 Å². The van der Waals surface area contributed by atoms with Gasteiger partial charge in [0.1, 0.15) is 11.8 Å². The lowest BCUT2D eigenvalue weighted by Gasteiger charge is -2.30. The first-order chi connectivity index (χ1) is 23.9. The number of likely N-dealkylation sites (N-methyl/N-ethyl adjacent to an activating group) is 1. The van der Waals surface area contributed by atoms with Gasteiger partial charge in [-0.2, -0.15) is 5.26 Å². The van der Waals surface area contributed by atoms with Gasteiger partial charge in [-0.05, 0) is 67.4 Å². The van der Waals surface area contributed by atoms with Gasteiger partial charge < -0.3 is 14.2 Å². The maximum Gasteiger partial charge on any atom is 0.271 e. The molecule has 1 aliphatic rings. The third-order valence-corrected chi connectivity index (χ3v) is 10.3. The molecular weight excluding hydrogens is 631 g/mol. The van der Waals surface area contributed by atoms with Gasteiger partial charge in [-0.25, -0.2) is 4.99 Å². The van der Waals surface area contributed by atoms with Crippen LogP contribution in [0.15, 0.2) is 112 Å². The van der Waals surface area contributed by atoms with Crippen LogP contribution >= 0.6 is 11.3 Å². The summed E-state index contributed by atoms with van der Waals surface area (Å²) in [4.78, 5) is 36.2. The van der Waals surface area contributed by atoms with Crippen molar-refractivity contribution in [2.45, 2.75) is 33.4 Å². The molecule has 1 atom stereocenters. The maximum absolute atomic E-state index is 14.7. The third-order valence-electron chi connectivity index (χ3n) is 9.27. The van der Waals surface area contributed by atoms with Crippen molar-refractivity contribution in [2.24, 2.45) is 4.99 Å².